The molecule has 0 unspecified atom stereocenters. The lowest BCUT2D eigenvalue weighted by Crippen LogP contribution is -2.43. The predicted molar refractivity (Wildman–Crippen MR) is 113 cm³/mol. The first kappa shape index (κ1) is 20.4. The molecular weight excluding hydrogens is 380 g/mol. The van der Waals surface area contributed by atoms with Crippen LogP contribution in [0.15, 0.2) is 48.5 Å². The number of amides is 3. The second-order valence-electron chi connectivity index (χ2n) is 9.15. The van der Waals surface area contributed by atoms with Gasteiger partial charge in [-0.05, 0) is 47.1 Å². The van der Waals surface area contributed by atoms with Gasteiger partial charge in [0.2, 0.25) is 0 Å². The summed E-state index contributed by atoms with van der Waals surface area (Å²) in [6.45, 7) is 6.31. The van der Waals surface area contributed by atoms with E-state index in [9.17, 15) is 14.7 Å². The predicted octanol–water partition coefficient (Wildman–Crippen LogP) is 3.12. The third kappa shape index (κ3) is 3.56. The quantitative estimate of drug-likeness (QED) is 0.745. The number of carbonyl (C=O) groups excluding carboxylic acids is 2. The lowest BCUT2D eigenvalue weighted by Gasteiger charge is -2.23. The van der Waals surface area contributed by atoms with Gasteiger partial charge < -0.3 is 15.2 Å². The van der Waals surface area contributed by atoms with E-state index in [1.165, 1.54) is 5.56 Å². The Morgan fingerprint density at radius 1 is 1.13 bits per heavy atom. The van der Waals surface area contributed by atoms with Gasteiger partial charge in [0.15, 0.2) is 0 Å². The molecule has 1 aliphatic carbocycles. The molecule has 2 N–H and O–H groups in total. The van der Waals surface area contributed by atoms with Crippen LogP contribution in [0.1, 0.15) is 43.9 Å². The molecule has 2 aromatic rings. The number of aliphatic hydroxyl groups is 1. The second kappa shape index (κ2) is 7.43. The molecule has 6 nitrogen and oxygen atoms in total. The van der Waals surface area contributed by atoms with Crippen molar-refractivity contribution in [2.75, 3.05) is 13.2 Å². The number of β-amino-alcohol motifs (C(OH)–C–C–N with tert-alkyl or cyclic N) is 1. The highest BCUT2D eigenvalue weighted by Crippen LogP contribution is 2.41. The van der Waals surface area contributed by atoms with E-state index in [0.717, 1.165) is 22.4 Å². The van der Waals surface area contributed by atoms with Crippen LogP contribution < -0.4 is 10.1 Å². The van der Waals surface area contributed by atoms with Gasteiger partial charge in [-0.25, -0.2) is 4.79 Å². The van der Waals surface area contributed by atoms with Crippen LogP contribution in [0.5, 0.6) is 5.75 Å². The molecule has 0 aromatic heterocycles. The van der Waals surface area contributed by atoms with Gasteiger partial charge in [0.1, 0.15) is 24.0 Å². The molecule has 1 heterocycles. The van der Waals surface area contributed by atoms with E-state index in [1.807, 2.05) is 48.5 Å². The van der Waals surface area contributed by atoms with Crippen LogP contribution in [0.2, 0.25) is 0 Å². The Labute approximate surface area is 176 Å². The number of ether oxygens (including phenoxy) is 1. The lowest BCUT2D eigenvalue weighted by molar-refractivity contribution is -0.132. The number of hydrogen-bond acceptors (Lipinski definition) is 4. The van der Waals surface area contributed by atoms with Gasteiger partial charge in [-0.2, -0.15) is 0 Å². The van der Waals surface area contributed by atoms with Gasteiger partial charge in [-0.15, -0.1) is 0 Å². The van der Waals surface area contributed by atoms with Crippen LogP contribution in [0, 0.1) is 0 Å². The Morgan fingerprint density at radius 2 is 1.83 bits per heavy atom. The summed E-state index contributed by atoms with van der Waals surface area (Å²) in [7, 11) is 0. The van der Waals surface area contributed by atoms with Crippen molar-refractivity contribution in [3.8, 4) is 5.75 Å². The zero-order valence-electron chi connectivity index (χ0n) is 17.6. The van der Waals surface area contributed by atoms with Gasteiger partial charge in [0.05, 0.1) is 6.54 Å². The minimum Gasteiger partial charge on any atom is -0.491 e. The summed E-state index contributed by atoms with van der Waals surface area (Å²) < 4.78 is 5.67. The standard InChI is InChI=1S/C24H28N2O4/c1-23(2,3)17-8-10-19(11-9-17)30-15-18(27)14-26-21(28)24(25-22(26)29)13-12-16-6-4-5-7-20(16)24/h4-11,18,27H,12-15H2,1-3H3,(H,25,29)/t18-,24-/m1/s1. The molecule has 2 atom stereocenters. The Bertz CT molecular complexity index is 964. The van der Waals surface area contributed by atoms with E-state index >= 15 is 0 Å². The van der Waals surface area contributed by atoms with Gasteiger partial charge in [-0.1, -0.05) is 57.2 Å². The molecule has 4 rings (SSSR count). The molecule has 2 aromatic carbocycles. The average molecular weight is 408 g/mol. The van der Waals surface area contributed by atoms with E-state index in [1.54, 1.807) is 0 Å². The highest BCUT2D eigenvalue weighted by atomic mass is 16.5. The molecule has 1 saturated heterocycles. The monoisotopic (exact) mass is 408 g/mol. The topological polar surface area (TPSA) is 78.9 Å². The van der Waals surface area contributed by atoms with E-state index in [-0.39, 0.29) is 24.5 Å². The number of nitrogens with zero attached hydrogens (tertiary/aromatic N) is 1. The summed E-state index contributed by atoms with van der Waals surface area (Å²) in [4.78, 5) is 26.8. The first-order valence-electron chi connectivity index (χ1n) is 10.3. The van der Waals surface area contributed by atoms with E-state index in [2.05, 4.69) is 26.1 Å². The van der Waals surface area contributed by atoms with Crippen molar-refractivity contribution in [3.05, 3.63) is 65.2 Å². The fourth-order valence-electron chi connectivity index (χ4n) is 4.26. The number of aryl methyl sites for hydroxylation is 1. The van der Waals surface area contributed by atoms with Crippen molar-refractivity contribution in [3.63, 3.8) is 0 Å². The van der Waals surface area contributed by atoms with Crippen molar-refractivity contribution in [2.45, 2.75) is 50.7 Å². The van der Waals surface area contributed by atoms with Crippen LogP contribution >= 0.6 is 0 Å². The van der Waals surface area contributed by atoms with Crippen LogP contribution in [-0.2, 0) is 22.2 Å². The molecule has 30 heavy (non-hydrogen) atoms. The van der Waals surface area contributed by atoms with Crippen molar-refractivity contribution in [1.29, 1.82) is 0 Å². The van der Waals surface area contributed by atoms with E-state index < -0.39 is 17.7 Å². The van der Waals surface area contributed by atoms with Gasteiger partial charge in [0, 0.05) is 0 Å². The maximum Gasteiger partial charge on any atom is 0.325 e. The summed E-state index contributed by atoms with van der Waals surface area (Å²) in [6, 6.07) is 15.0. The third-order valence-electron chi connectivity index (χ3n) is 5.98. The fraction of sp³-hybridized carbons (Fsp3) is 0.417. The van der Waals surface area contributed by atoms with Gasteiger partial charge in [0.25, 0.3) is 5.91 Å². The molecule has 3 amide bonds. The molecule has 0 saturated carbocycles. The Morgan fingerprint density at radius 3 is 2.53 bits per heavy atom. The van der Waals surface area contributed by atoms with Crippen LogP contribution in [0.4, 0.5) is 4.79 Å². The molecule has 158 valence electrons. The Hall–Kier alpha value is -2.86. The first-order valence-corrected chi connectivity index (χ1v) is 10.3. The first-order chi connectivity index (χ1) is 14.2. The van der Waals surface area contributed by atoms with Crippen molar-refractivity contribution < 1.29 is 19.4 Å². The molecular formula is C24H28N2O4. The van der Waals surface area contributed by atoms with Crippen molar-refractivity contribution in [1.82, 2.24) is 10.2 Å². The minimum absolute atomic E-state index is 0.00445. The van der Waals surface area contributed by atoms with Crippen molar-refractivity contribution >= 4 is 11.9 Å². The fourth-order valence-corrected chi connectivity index (χ4v) is 4.26. The summed E-state index contributed by atoms with van der Waals surface area (Å²) in [5.74, 6) is 0.339. The number of nitrogens with one attached hydrogen (secondary N) is 1. The number of urea groups is 1. The number of imide groups is 1. The molecule has 6 heteroatoms. The van der Waals surface area contributed by atoms with E-state index in [4.69, 9.17) is 4.74 Å². The highest BCUT2D eigenvalue weighted by Gasteiger charge is 2.55. The number of carbonyl (C=O) groups is 2. The Kier molecular flexibility index (Phi) is 5.06. The van der Waals surface area contributed by atoms with Crippen molar-refractivity contribution in [2.24, 2.45) is 0 Å². The SMILES string of the molecule is CC(C)(C)c1ccc(OC[C@H](O)CN2C(=O)N[C@@]3(CCc4ccccc43)C2=O)cc1. The molecule has 0 bridgehead atoms. The largest absolute Gasteiger partial charge is 0.491 e. The maximum absolute atomic E-state index is 13.1. The third-order valence-corrected chi connectivity index (χ3v) is 5.98. The smallest absolute Gasteiger partial charge is 0.325 e. The van der Waals surface area contributed by atoms with Crippen LogP contribution in [-0.4, -0.2) is 41.2 Å². The summed E-state index contributed by atoms with van der Waals surface area (Å²) in [5.41, 5.74) is 2.18. The van der Waals surface area contributed by atoms with Gasteiger partial charge in [-0.3, -0.25) is 9.69 Å². The van der Waals surface area contributed by atoms with Crippen LogP contribution in [0.3, 0.4) is 0 Å². The second-order valence-corrected chi connectivity index (χ2v) is 9.15. The average Bonchev–Trinajstić information content (AvgIpc) is 3.19. The minimum atomic E-state index is -1.00. The lowest BCUT2D eigenvalue weighted by atomic mass is 9.87. The van der Waals surface area contributed by atoms with E-state index in [0.29, 0.717) is 12.2 Å². The Balaban J connectivity index is 1.39. The number of rotatable bonds is 5. The number of aliphatic hydroxyl groups excluding tert-OH is 1. The molecule has 1 aliphatic heterocycles. The normalized spacial score (nSPS) is 21.7. The molecule has 1 spiro atoms. The van der Waals surface area contributed by atoms with Gasteiger partial charge >= 0.3 is 6.03 Å². The molecule has 0 radical (unpaired) electrons. The summed E-state index contributed by atoms with van der Waals surface area (Å²) in [5, 5.41) is 13.3. The number of hydrogen-bond donors (Lipinski definition) is 2. The maximum atomic E-state index is 13.1. The summed E-state index contributed by atoms with van der Waals surface area (Å²) in [6.07, 6.45) is 0.306. The zero-order chi connectivity index (χ0) is 21.5. The molecule has 2 aliphatic rings. The van der Waals surface area contributed by atoms with Crippen LogP contribution in [0.25, 0.3) is 0 Å². The highest BCUT2D eigenvalue weighted by molar-refractivity contribution is 6.08. The zero-order valence-corrected chi connectivity index (χ0v) is 17.6. The number of benzene rings is 2. The summed E-state index contributed by atoms with van der Waals surface area (Å²) >= 11 is 0. The number of fused-ring (bicyclic) bond motifs is 2. The molecule has 1 fully saturated rings.